The van der Waals surface area contributed by atoms with Gasteiger partial charge in [0.1, 0.15) is 5.82 Å². The van der Waals surface area contributed by atoms with Gasteiger partial charge in [0.2, 0.25) is 11.7 Å². The molecule has 2 aliphatic heterocycles. The molecule has 2 bridgehead atoms. The van der Waals surface area contributed by atoms with Gasteiger partial charge in [-0.15, -0.1) is 0 Å². The molecule has 19 heavy (non-hydrogen) atoms. The van der Waals surface area contributed by atoms with Gasteiger partial charge in [0.05, 0.1) is 5.92 Å². The maximum atomic E-state index is 12.9. The molecule has 2 saturated heterocycles. The highest BCUT2D eigenvalue weighted by atomic mass is 19.1. The fraction of sp³-hybridized carbons (Fsp3) is 0.429. The summed E-state index contributed by atoms with van der Waals surface area (Å²) in [5.41, 5.74) is 0.785. The van der Waals surface area contributed by atoms with Gasteiger partial charge in [-0.05, 0) is 43.5 Å². The number of aromatic nitrogens is 2. The van der Waals surface area contributed by atoms with Crippen LogP contribution in [0.4, 0.5) is 4.39 Å². The van der Waals surface area contributed by atoms with Gasteiger partial charge in [-0.1, -0.05) is 5.16 Å². The molecular weight excluding hydrogens is 245 g/mol. The van der Waals surface area contributed by atoms with Crippen molar-refractivity contribution in [1.82, 2.24) is 15.5 Å². The molecule has 4 nitrogen and oxygen atoms in total. The smallest absolute Gasteiger partial charge is 0.231 e. The minimum atomic E-state index is -0.259. The van der Waals surface area contributed by atoms with Crippen LogP contribution in [-0.2, 0) is 0 Å². The van der Waals surface area contributed by atoms with Crippen LogP contribution < -0.4 is 5.32 Å². The van der Waals surface area contributed by atoms with Crippen LogP contribution in [0.2, 0.25) is 0 Å². The zero-order valence-corrected chi connectivity index (χ0v) is 10.3. The highest BCUT2D eigenvalue weighted by Gasteiger charge is 2.42. The molecule has 1 N–H and O–H groups in total. The Balaban J connectivity index is 1.61. The van der Waals surface area contributed by atoms with Crippen LogP contribution in [0.15, 0.2) is 28.8 Å². The molecule has 5 heteroatoms. The summed E-state index contributed by atoms with van der Waals surface area (Å²) in [5, 5.41) is 7.56. The summed E-state index contributed by atoms with van der Waals surface area (Å²) in [6.07, 6.45) is 3.51. The molecule has 2 fully saturated rings. The van der Waals surface area contributed by atoms with Crippen LogP contribution in [0.25, 0.3) is 11.4 Å². The van der Waals surface area contributed by atoms with E-state index in [9.17, 15) is 4.39 Å². The van der Waals surface area contributed by atoms with Crippen molar-refractivity contribution < 1.29 is 8.91 Å². The van der Waals surface area contributed by atoms with E-state index < -0.39 is 0 Å². The van der Waals surface area contributed by atoms with Crippen molar-refractivity contribution in [3.63, 3.8) is 0 Å². The molecule has 1 aromatic heterocycles. The third-order valence-corrected chi connectivity index (χ3v) is 4.16. The standard InChI is InChI=1S/C14H14FN3O/c15-9-3-1-8(2-4-9)13-17-14(19-18-13)11-7-10-5-6-12(11)16-10/h1-4,10-12,16H,5-7H2. The largest absolute Gasteiger partial charge is 0.339 e. The molecule has 0 saturated carbocycles. The van der Waals surface area contributed by atoms with Gasteiger partial charge in [-0.2, -0.15) is 4.98 Å². The van der Waals surface area contributed by atoms with E-state index in [4.69, 9.17) is 4.52 Å². The number of hydrogen-bond acceptors (Lipinski definition) is 4. The fourth-order valence-corrected chi connectivity index (χ4v) is 3.20. The van der Waals surface area contributed by atoms with Crippen LogP contribution in [0, 0.1) is 5.82 Å². The van der Waals surface area contributed by atoms with Crippen molar-refractivity contribution in [1.29, 1.82) is 0 Å². The molecule has 2 aliphatic rings. The Morgan fingerprint density at radius 3 is 2.74 bits per heavy atom. The minimum Gasteiger partial charge on any atom is -0.339 e. The van der Waals surface area contributed by atoms with Crippen molar-refractivity contribution >= 4 is 0 Å². The lowest BCUT2D eigenvalue weighted by Gasteiger charge is -2.15. The second kappa shape index (κ2) is 4.13. The molecule has 0 amide bonds. The maximum absolute atomic E-state index is 12.9. The molecule has 4 rings (SSSR count). The van der Waals surface area contributed by atoms with Crippen LogP contribution in [0.3, 0.4) is 0 Å². The maximum Gasteiger partial charge on any atom is 0.231 e. The molecular formula is C14H14FN3O. The van der Waals surface area contributed by atoms with Crippen molar-refractivity contribution in [2.24, 2.45) is 0 Å². The Hall–Kier alpha value is -1.75. The van der Waals surface area contributed by atoms with Crippen LogP contribution in [-0.4, -0.2) is 22.2 Å². The molecule has 1 aromatic carbocycles. The van der Waals surface area contributed by atoms with Gasteiger partial charge in [-0.25, -0.2) is 4.39 Å². The summed E-state index contributed by atoms with van der Waals surface area (Å²) >= 11 is 0. The number of hydrogen-bond donors (Lipinski definition) is 1. The lowest BCUT2D eigenvalue weighted by atomic mass is 9.89. The number of nitrogens with zero attached hydrogens (tertiary/aromatic N) is 2. The quantitative estimate of drug-likeness (QED) is 0.900. The fourth-order valence-electron chi connectivity index (χ4n) is 3.20. The molecule has 3 unspecified atom stereocenters. The van der Waals surface area contributed by atoms with Gasteiger partial charge in [0.25, 0.3) is 0 Å². The minimum absolute atomic E-state index is 0.259. The summed E-state index contributed by atoms with van der Waals surface area (Å²) in [6, 6.07) is 7.24. The third-order valence-electron chi connectivity index (χ3n) is 4.16. The van der Waals surface area contributed by atoms with Gasteiger partial charge in [-0.3, -0.25) is 0 Å². The monoisotopic (exact) mass is 259 g/mol. The molecule has 0 radical (unpaired) electrons. The van der Waals surface area contributed by atoms with Crippen LogP contribution >= 0.6 is 0 Å². The SMILES string of the molecule is Fc1ccc(-c2noc(C3CC4CCC3N4)n2)cc1. The Morgan fingerprint density at radius 1 is 1.21 bits per heavy atom. The number of fused-ring (bicyclic) bond motifs is 2. The normalized spacial score (nSPS) is 29.0. The molecule has 0 spiro atoms. The van der Waals surface area contributed by atoms with E-state index in [0.29, 0.717) is 29.7 Å². The van der Waals surface area contributed by atoms with E-state index in [1.54, 1.807) is 12.1 Å². The lowest BCUT2D eigenvalue weighted by Crippen LogP contribution is -2.21. The highest BCUT2D eigenvalue weighted by molar-refractivity contribution is 5.53. The van der Waals surface area contributed by atoms with Crippen molar-refractivity contribution in [2.45, 2.75) is 37.3 Å². The topological polar surface area (TPSA) is 51.0 Å². The zero-order chi connectivity index (χ0) is 12.8. The van der Waals surface area contributed by atoms with Crippen molar-refractivity contribution in [2.75, 3.05) is 0 Å². The number of halogens is 1. The summed E-state index contributed by atoms with van der Waals surface area (Å²) in [7, 11) is 0. The third kappa shape index (κ3) is 1.85. The molecule has 3 heterocycles. The molecule has 2 aromatic rings. The predicted molar refractivity (Wildman–Crippen MR) is 67.0 cm³/mol. The Bertz CT molecular complexity index is 595. The average Bonchev–Trinajstić information content (AvgIpc) is 3.15. The summed E-state index contributed by atoms with van der Waals surface area (Å²) in [6.45, 7) is 0. The number of rotatable bonds is 2. The van der Waals surface area contributed by atoms with E-state index in [1.165, 1.54) is 25.0 Å². The van der Waals surface area contributed by atoms with Crippen molar-refractivity contribution in [3.05, 3.63) is 36.0 Å². The van der Waals surface area contributed by atoms with Crippen LogP contribution in [0.5, 0.6) is 0 Å². The first-order valence-electron chi connectivity index (χ1n) is 6.65. The van der Waals surface area contributed by atoms with Gasteiger partial charge in [0, 0.05) is 17.6 Å². The van der Waals surface area contributed by atoms with Crippen LogP contribution in [0.1, 0.15) is 31.1 Å². The number of benzene rings is 1. The first-order chi connectivity index (χ1) is 9.29. The second-order valence-electron chi connectivity index (χ2n) is 5.35. The highest BCUT2D eigenvalue weighted by Crippen LogP contribution is 2.39. The van der Waals surface area contributed by atoms with Gasteiger partial charge in [0.15, 0.2) is 0 Å². The summed E-state index contributed by atoms with van der Waals surface area (Å²) in [4.78, 5) is 4.47. The van der Waals surface area contributed by atoms with E-state index in [-0.39, 0.29) is 5.82 Å². The first kappa shape index (κ1) is 11.1. The number of nitrogens with one attached hydrogen (secondary N) is 1. The van der Waals surface area contributed by atoms with Gasteiger partial charge >= 0.3 is 0 Å². The lowest BCUT2D eigenvalue weighted by molar-refractivity contribution is 0.329. The molecule has 98 valence electrons. The first-order valence-corrected chi connectivity index (χ1v) is 6.65. The van der Waals surface area contributed by atoms with E-state index in [2.05, 4.69) is 15.5 Å². The van der Waals surface area contributed by atoms with Crippen molar-refractivity contribution in [3.8, 4) is 11.4 Å². The average molecular weight is 259 g/mol. The Morgan fingerprint density at radius 2 is 2.05 bits per heavy atom. The van der Waals surface area contributed by atoms with Gasteiger partial charge < -0.3 is 9.84 Å². The summed E-state index contributed by atoms with van der Waals surface area (Å²) in [5.74, 6) is 1.32. The second-order valence-corrected chi connectivity index (χ2v) is 5.35. The predicted octanol–water partition coefficient (Wildman–Crippen LogP) is 2.48. The summed E-state index contributed by atoms with van der Waals surface area (Å²) < 4.78 is 18.3. The van der Waals surface area contributed by atoms with E-state index in [0.717, 1.165) is 12.0 Å². The molecule has 3 atom stereocenters. The van der Waals surface area contributed by atoms with E-state index >= 15 is 0 Å². The van der Waals surface area contributed by atoms with E-state index in [1.807, 2.05) is 0 Å². The zero-order valence-electron chi connectivity index (χ0n) is 10.3. The Labute approximate surface area is 110 Å². The molecule has 0 aliphatic carbocycles. The Kier molecular flexibility index (Phi) is 2.41.